The molecule has 0 fully saturated rings. The number of thioether (sulfide) groups is 1. The smallest absolute Gasteiger partial charge is 0.337 e. The Morgan fingerprint density at radius 1 is 0.917 bits per heavy atom. The Bertz CT molecular complexity index is 1450. The first-order chi connectivity index (χ1) is 17.3. The SMILES string of the molecule is COC(=O)c1ccc(NC(=O)CSc2nnc(-c3ccc(NS(=O)(=O)c4ccccc4)cc3)o2)cc1. The van der Waals surface area contributed by atoms with Crippen LogP contribution in [0.3, 0.4) is 0 Å². The fourth-order valence-corrected chi connectivity index (χ4v) is 4.65. The fourth-order valence-electron chi connectivity index (χ4n) is 3.01. The second-order valence-electron chi connectivity index (χ2n) is 7.27. The summed E-state index contributed by atoms with van der Waals surface area (Å²) in [4.78, 5) is 23.9. The molecule has 184 valence electrons. The summed E-state index contributed by atoms with van der Waals surface area (Å²) in [5.74, 6) is -0.492. The number of rotatable bonds is 9. The number of carbonyl (C=O) groups is 2. The lowest BCUT2D eigenvalue weighted by atomic mass is 10.2. The van der Waals surface area contributed by atoms with E-state index in [1.807, 2.05) is 0 Å². The molecular formula is C24H20N4O6S2. The van der Waals surface area contributed by atoms with E-state index in [0.717, 1.165) is 11.8 Å². The van der Waals surface area contributed by atoms with Crippen molar-refractivity contribution in [3.8, 4) is 11.5 Å². The van der Waals surface area contributed by atoms with E-state index in [-0.39, 0.29) is 27.7 Å². The van der Waals surface area contributed by atoms with E-state index >= 15 is 0 Å². The number of nitrogens with zero attached hydrogens (tertiary/aromatic N) is 2. The first-order valence-corrected chi connectivity index (χ1v) is 12.9. The number of aromatic nitrogens is 2. The number of anilines is 2. The summed E-state index contributed by atoms with van der Waals surface area (Å²) in [5.41, 5.74) is 1.88. The van der Waals surface area contributed by atoms with Crippen LogP contribution in [0.1, 0.15) is 10.4 Å². The van der Waals surface area contributed by atoms with Crippen LogP contribution >= 0.6 is 11.8 Å². The maximum absolute atomic E-state index is 12.5. The Morgan fingerprint density at radius 3 is 2.25 bits per heavy atom. The third-order valence-electron chi connectivity index (χ3n) is 4.76. The van der Waals surface area contributed by atoms with E-state index in [9.17, 15) is 18.0 Å². The van der Waals surface area contributed by atoms with Crippen LogP contribution in [-0.4, -0.2) is 43.4 Å². The fraction of sp³-hybridized carbons (Fsp3) is 0.0833. The van der Waals surface area contributed by atoms with Gasteiger partial charge in [-0.15, -0.1) is 10.2 Å². The Hall–Kier alpha value is -4.16. The van der Waals surface area contributed by atoms with Gasteiger partial charge >= 0.3 is 5.97 Å². The van der Waals surface area contributed by atoms with E-state index in [2.05, 4.69) is 25.0 Å². The van der Waals surface area contributed by atoms with Crippen molar-refractivity contribution in [1.82, 2.24) is 10.2 Å². The van der Waals surface area contributed by atoms with Gasteiger partial charge in [-0.3, -0.25) is 9.52 Å². The highest BCUT2D eigenvalue weighted by atomic mass is 32.2. The van der Waals surface area contributed by atoms with Gasteiger partial charge in [0, 0.05) is 16.9 Å². The molecule has 3 aromatic carbocycles. The number of methoxy groups -OCH3 is 1. The van der Waals surface area contributed by atoms with Crippen LogP contribution < -0.4 is 10.0 Å². The van der Waals surface area contributed by atoms with Crippen LogP contribution in [0.5, 0.6) is 0 Å². The normalized spacial score (nSPS) is 11.0. The molecule has 10 nitrogen and oxygen atoms in total. The quantitative estimate of drug-likeness (QED) is 0.245. The number of benzene rings is 3. The molecular weight excluding hydrogens is 504 g/mol. The molecule has 0 radical (unpaired) electrons. The van der Waals surface area contributed by atoms with E-state index in [1.54, 1.807) is 66.7 Å². The highest BCUT2D eigenvalue weighted by Gasteiger charge is 2.15. The average Bonchev–Trinajstić information content (AvgIpc) is 3.37. The van der Waals surface area contributed by atoms with Gasteiger partial charge in [0.15, 0.2) is 0 Å². The molecule has 0 aliphatic heterocycles. The molecule has 0 bridgehead atoms. The molecule has 4 rings (SSSR count). The topological polar surface area (TPSA) is 140 Å². The molecule has 0 unspecified atom stereocenters. The Morgan fingerprint density at radius 2 is 1.58 bits per heavy atom. The third kappa shape index (κ3) is 6.29. The molecule has 0 saturated carbocycles. The molecule has 4 aromatic rings. The molecule has 1 heterocycles. The largest absolute Gasteiger partial charge is 0.465 e. The second-order valence-corrected chi connectivity index (χ2v) is 9.88. The van der Waals surface area contributed by atoms with Gasteiger partial charge in [-0.2, -0.15) is 0 Å². The van der Waals surface area contributed by atoms with E-state index in [4.69, 9.17) is 4.42 Å². The minimum Gasteiger partial charge on any atom is -0.465 e. The Kier molecular flexibility index (Phi) is 7.66. The first-order valence-electron chi connectivity index (χ1n) is 10.5. The van der Waals surface area contributed by atoms with Gasteiger partial charge in [-0.25, -0.2) is 13.2 Å². The molecule has 1 aromatic heterocycles. The summed E-state index contributed by atoms with van der Waals surface area (Å²) in [6.07, 6.45) is 0. The second kappa shape index (κ2) is 11.1. The number of amides is 1. The maximum atomic E-state index is 12.5. The third-order valence-corrected chi connectivity index (χ3v) is 6.98. The number of carbonyl (C=O) groups excluding carboxylic acids is 2. The van der Waals surface area contributed by atoms with Crippen molar-refractivity contribution in [1.29, 1.82) is 0 Å². The number of hydrogen-bond donors (Lipinski definition) is 2. The Labute approximate surface area is 211 Å². The van der Waals surface area contributed by atoms with Gasteiger partial charge in [-0.05, 0) is 60.7 Å². The molecule has 0 spiro atoms. The molecule has 0 saturated heterocycles. The number of ether oxygens (including phenoxy) is 1. The molecule has 0 aliphatic rings. The first kappa shape index (κ1) is 24.9. The number of esters is 1. The highest BCUT2D eigenvalue weighted by molar-refractivity contribution is 7.99. The summed E-state index contributed by atoms with van der Waals surface area (Å²) in [5, 5.41) is 10.8. The summed E-state index contributed by atoms with van der Waals surface area (Å²) < 4.78 is 37.7. The predicted octanol–water partition coefficient (Wildman–Crippen LogP) is 4.05. The van der Waals surface area contributed by atoms with Crippen molar-refractivity contribution in [2.75, 3.05) is 22.9 Å². The van der Waals surface area contributed by atoms with Gasteiger partial charge in [0.2, 0.25) is 11.8 Å². The molecule has 0 aliphatic carbocycles. The minimum absolute atomic E-state index is 0.0284. The number of hydrogen-bond acceptors (Lipinski definition) is 9. The van der Waals surface area contributed by atoms with Crippen LogP contribution in [0.25, 0.3) is 11.5 Å². The van der Waals surface area contributed by atoms with Crippen molar-refractivity contribution >= 4 is 45.0 Å². The van der Waals surface area contributed by atoms with Gasteiger partial charge in [-0.1, -0.05) is 30.0 Å². The summed E-state index contributed by atoms with van der Waals surface area (Å²) >= 11 is 1.07. The van der Waals surface area contributed by atoms with Gasteiger partial charge in [0.05, 0.1) is 23.3 Å². The maximum Gasteiger partial charge on any atom is 0.337 e. The van der Waals surface area contributed by atoms with Gasteiger partial charge in [0.1, 0.15) is 0 Å². The summed E-state index contributed by atoms with van der Waals surface area (Å²) in [7, 11) is -2.40. The van der Waals surface area contributed by atoms with Gasteiger partial charge < -0.3 is 14.5 Å². The van der Waals surface area contributed by atoms with Crippen molar-refractivity contribution in [3.05, 3.63) is 84.4 Å². The van der Waals surface area contributed by atoms with Crippen molar-refractivity contribution in [2.24, 2.45) is 0 Å². The van der Waals surface area contributed by atoms with Crippen LogP contribution in [0, 0.1) is 0 Å². The van der Waals surface area contributed by atoms with Crippen molar-refractivity contribution in [3.63, 3.8) is 0 Å². The van der Waals surface area contributed by atoms with E-state index in [0.29, 0.717) is 22.5 Å². The van der Waals surface area contributed by atoms with Crippen molar-refractivity contribution < 1.29 is 27.2 Å². The van der Waals surface area contributed by atoms with Crippen molar-refractivity contribution in [2.45, 2.75) is 10.1 Å². The van der Waals surface area contributed by atoms with E-state index < -0.39 is 16.0 Å². The van der Waals surface area contributed by atoms with Gasteiger partial charge in [0.25, 0.3) is 15.2 Å². The minimum atomic E-state index is -3.70. The molecule has 1 amide bonds. The average molecular weight is 525 g/mol. The highest BCUT2D eigenvalue weighted by Crippen LogP contribution is 2.25. The van der Waals surface area contributed by atoms with Crippen LogP contribution in [0.15, 0.2) is 93.4 Å². The zero-order chi connectivity index (χ0) is 25.5. The zero-order valence-corrected chi connectivity index (χ0v) is 20.5. The monoisotopic (exact) mass is 524 g/mol. The molecule has 12 heteroatoms. The van der Waals surface area contributed by atoms with E-state index in [1.165, 1.54) is 19.2 Å². The van der Waals surface area contributed by atoms with Crippen LogP contribution in [0.4, 0.5) is 11.4 Å². The lowest BCUT2D eigenvalue weighted by Gasteiger charge is -2.08. The molecule has 0 atom stereocenters. The van der Waals surface area contributed by atoms with Crippen LogP contribution in [-0.2, 0) is 19.6 Å². The predicted molar refractivity (Wildman–Crippen MR) is 134 cm³/mol. The molecule has 2 N–H and O–H groups in total. The van der Waals surface area contributed by atoms with Crippen LogP contribution in [0.2, 0.25) is 0 Å². The Balaban J connectivity index is 1.31. The number of nitrogens with one attached hydrogen (secondary N) is 2. The summed E-state index contributed by atoms with van der Waals surface area (Å²) in [6.45, 7) is 0. The summed E-state index contributed by atoms with van der Waals surface area (Å²) in [6, 6.07) is 20.8. The molecule has 36 heavy (non-hydrogen) atoms. The lowest BCUT2D eigenvalue weighted by Crippen LogP contribution is -2.14. The lowest BCUT2D eigenvalue weighted by molar-refractivity contribution is -0.113. The standard InChI is InChI=1S/C24H20N4O6S2/c1-33-23(30)17-9-11-18(12-10-17)25-21(29)15-35-24-27-26-22(34-24)16-7-13-19(14-8-16)28-36(31,32)20-5-3-2-4-6-20/h2-14,28H,15H2,1H3,(H,25,29). The number of sulfonamides is 1. The zero-order valence-electron chi connectivity index (χ0n) is 18.9.